The molecule has 0 aromatic heterocycles. The molecule has 72 valence electrons. The van der Waals surface area contributed by atoms with Crippen molar-refractivity contribution < 1.29 is 9.53 Å². The molecule has 0 spiro atoms. The van der Waals surface area contributed by atoms with E-state index >= 15 is 0 Å². The summed E-state index contributed by atoms with van der Waals surface area (Å²) in [6.07, 6.45) is 7.97. The summed E-state index contributed by atoms with van der Waals surface area (Å²) in [7, 11) is 1.49. The van der Waals surface area contributed by atoms with E-state index in [4.69, 9.17) is 4.74 Å². The average molecular weight is 180 g/mol. The number of esters is 1. The van der Waals surface area contributed by atoms with Crippen LogP contribution in [0.15, 0.2) is 11.6 Å². The molecular formula is C11H16O2. The molecule has 2 aliphatic rings. The van der Waals surface area contributed by atoms with Crippen molar-refractivity contribution in [3.05, 3.63) is 11.6 Å². The maximum absolute atomic E-state index is 11.3. The first-order valence-electron chi connectivity index (χ1n) is 5.08. The fourth-order valence-electron chi connectivity index (χ4n) is 2.58. The standard InChI is InChI=1S/C11H16O2/c1-13-11(12)10-6-5-8-3-2-4-9(8)7-10/h3,9-10H,2,4-7H2,1H3. The third-order valence-corrected chi connectivity index (χ3v) is 3.33. The third kappa shape index (κ3) is 1.62. The second-order valence-corrected chi connectivity index (χ2v) is 4.05. The zero-order valence-electron chi connectivity index (χ0n) is 8.08. The van der Waals surface area contributed by atoms with E-state index in [0.717, 1.165) is 19.3 Å². The summed E-state index contributed by atoms with van der Waals surface area (Å²) in [4.78, 5) is 11.3. The van der Waals surface area contributed by atoms with Gasteiger partial charge in [-0.3, -0.25) is 4.79 Å². The predicted octanol–water partition coefficient (Wildman–Crippen LogP) is 2.30. The molecule has 0 N–H and O–H groups in total. The van der Waals surface area contributed by atoms with Gasteiger partial charge in [-0.05, 0) is 38.0 Å². The number of fused-ring (bicyclic) bond motifs is 1. The Hall–Kier alpha value is -0.790. The molecule has 2 nitrogen and oxygen atoms in total. The molecule has 2 aliphatic carbocycles. The van der Waals surface area contributed by atoms with Crippen molar-refractivity contribution in [3.63, 3.8) is 0 Å². The lowest BCUT2D eigenvalue weighted by atomic mass is 9.79. The van der Waals surface area contributed by atoms with Gasteiger partial charge in [-0.15, -0.1) is 0 Å². The van der Waals surface area contributed by atoms with Crippen molar-refractivity contribution >= 4 is 5.97 Å². The van der Waals surface area contributed by atoms with Gasteiger partial charge >= 0.3 is 5.97 Å². The molecule has 0 saturated heterocycles. The van der Waals surface area contributed by atoms with Crippen LogP contribution in [0, 0.1) is 11.8 Å². The molecule has 0 aromatic carbocycles. The highest BCUT2D eigenvalue weighted by molar-refractivity contribution is 5.72. The minimum Gasteiger partial charge on any atom is -0.469 e. The highest BCUT2D eigenvalue weighted by Gasteiger charge is 2.32. The summed E-state index contributed by atoms with van der Waals surface area (Å²) >= 11 is 0. The van der Waals surface area contributed by atoms with Gasteiger partial charge in [0.1, 0.15) is 0 Å². The maximum Gasteiger partial charge on any atom is 0.308 e. The minimum atomic E-state index is -0.00838. The van der Waals surface area contributed by atoms with E-state index in [0.29, 0.717) is 5.92 Å². The Labute approximate surface area is 79.0 Å². The van der Waals surface area contributed by atoms with Crippen molar-refractivity contribution in [2.45, 2.75) is 32.1 Å². The molecule has 0 amide bonds. The third-order valence-electron chi connectivity index (χ3n) is 3.33. The average Bonchev–Trinajstić information content (AvgIpc) is 2.63. The maximum atomic E-state index is 11.3. The summed E-state index contributed by atoms with van der Waals surface area (Å²) in [5.74, 6) is 0.856. The van der Waals surface area contributed by atoms with Crippen LogP contribution < -0.4 is 0 Å². The second kappa shape index (κ2) is 3.52. The largest absolute Gasteiger partial charge is 0.469 e. The van der Waals surface area contributed by atoms with Gasteiger partial charge < -0.3 is 4.74 Å². The lowest BCUT2D eigenvalue weighted by molar-refractivity contribution is -0.146. The predicted molar refractivity (Wildman–Crippen MR) is 50.2 cm³/mol. The molecule has 2 rings (SSSR count). The molecule has 1 fully saturated rings. The van der Waals surface area contributed by atoms with Crippen molar-refractivity contribution in [3.8, 4) is 0 Å². The highest BCUT2D eigenvalue weighted by atomic mass is 16.5. The fraction of sp³-hybridized carbons (Fsp3) is 0.727. The van der Waals surface area contributed by atoms with Crippen LogP contribution in [0.5, 0.6) is 0 Å². The summed E-state index contributed by atoms with van der Waals surface area (Å²) in [5.41, 5.74) is 1.60. The van der Waals surface area contributed by atoms with Gasteiger partial charge in [0.15, 0.2) is 0 Å². The zero-order chi connectivity index (χ0) is 9.26. The van der Waals surface area contributed by atoms with E-state index in [2.05, 4.69) is 6.08 Å². The zero-order valence-corrected chi connectivity index (χ0v) is 8.08. The summed E-state index contributed by atoms with van der Waals surface area (Å²) < 4.78 is 4.78. The monoisotopic (exact) mass is 180 g/mol. The first kappa shape index (κ1) is 8.79. The molecule has 2 unspecified atom stereocenters. The quantitative estimate of drug-likeness (QED) is 0.457. The molecule has 0 bridgehead atoms. The minimum absolute atomic E-state index is 0.00838. The molecule has 0 aliphatic heterocycles. The van der Waals surface area contributed by atoms with Gasteiger partial charge in [0, 0.05) is 0 Å². The molecule has 2 atom stereocenters. The van der Waals surface area contributed by atoms with E-state index in [1.165, 1.54) is 20.0 Å². The number of methoxy groups -OCH3 is 1. The molecule has 0 aromatic rings. The Morgan fingerprint density at radius 2 is 2.38 bits per heavy atom. The molecule has 2 heteroatoms. The molecular weight excluding hydrogens is 164 g/mol. The van der Waals surface area contributed by atoms with Crippen molar-refractivity contribution in [2.24, 2.45) is 11.8 Å². The Morgan fingerprint density at radius 1 is 1.54 bits per heavy atom. The van der Waals surface area contributed by atoms with E-state index in [-0.39, 0.29) is 11.9 Å². The lowest BCUT2D eigenvalue weighted by Crippen LogP contribution is -2.24. The van der Waals surface area contributed by atoms with Crippen LogP contribution in [0.25, 0.3) is 0 Å². The van der Waals surface area contributed by atoms with Crippen molar-refractivity contribution in [2.75, 3.05) is 7.11 Å². The number of hydrogen-bond acceptors (Lipinski definition) is 2. The highest BCUT2D eigenvalue weighted by Crippen LogP contribution is 2.40. The van der Waals surface area contributed by atoms with E-state index < -0.39 is 0 Å². The lowest BCUT2D eigenvalue weighted by Gasteiger charge is -2.26. The van der Waals surface area contributed by atoms with Gasteiger partial charge in [0.2, 0.25) is 0 Å². The van der Waals surface area contributed by atoms with E-state index in [9.17, 15) is 4.79 Å². The van der Waals surface area contributed by atoms with E-state index in [1.807, 2.05) is 0 Å². The van der Waals surface area contributed by atoms with Gasteiger partial charge in [-0.2, -0.15) is 0 Å². The van der Waals surface area contributed by atoms with Gasteiger partial charge in [0.05, 0.1) is 13.0 Å². The van der Waals surface area contributed by atoms with Crippen LogP contribution in [0.3, 0.4) is 0 Å². The normalized spacial score (nSPS) is 32.2. The molecule has 0 heterocycles. The number of ether oxygens (including phenoxy) is 1. The molecule has 1 saturated carbocycles. The van der Waals surface area contributed by atoms with Crippen LogP contribution in [0.1, 0.15) is 32.1 Å². The smallest absolute Gasteiger partial charge is 0.308 e. The van der Waals surface area contributed by atoms with Gasteiger partial charge in [-0.1, -0.05) is 11.6 Å². The van der Waals surface area contributed by atoms with Crippen LogP contribution in [-0.2, 0) is 9.53 Å². The number of allylic oxidation sites excluding steroid dienone is 2. The Kier molecular flexibility index (Phi) is 2.38. The summed E-state index contributed by atoms with van der Waals surface area (Å²) in [6, 6.07) is 0. The van der Waals surface area contributed by atoms with Crippen molar-refractivity contribution in [1.82, 2.24) is 0 Å². The number of carbonyl (C=O) groups excluding carboxylic acids is 1. The summed E-state index contributed by atoms with van der Waals surface area (Å²) in [5, 5.41) is 0. The first-order chi connectivity index (χ1) is 6.31. The van der Waals surface area contributed by atoms with Crippen LogP contribution in [-0.4, -0.2) is 13.1 Å². The van der Waals surface area contributed by atoms with Gasteiger partial charge in [-0.25, -0.2) is 0 Å². The topological polar surface area (TPSA) is 26.3 Å². The number of rotatable bonds is 1. The Bertz CT molecular complexity index is 242. The van der Waals surface area contributed by atoms with Crippen LogP contribution in [0.2, 0.25) is 0 Å². The molecule has 0 radical (unpaired) electrons. The fourth-order valence-corrected chi connectivity index (χ4v) is 2.58. The Balaban J connectivity index is 1.98. The van der Waals surface area contributed by atoms with Gasteiger partial charge in [0.25, 0.3) is 0 Å². The van der Waals surface area contributed by atoms with E-state index in [1.54, 1.807) is 5.57 Å². The van der Waals surface area contributed by atoms with Crippen LogP contribution in [0.4, 0.5) is 0 Å². The summed E-state index contributed by atoms with van der Waals surface area (Å²) in [6.45, 7) is 0. The number of hydrogen-bond donors (Lipinski definition) is 0. The second-order valence-electron chi connectivity index (χ2n) is 4.05. The molecule has 13 heavy (non-hydrogen) atoms. The van der Waals surface area contributed by atoms with Crippen LogP contribution >= 0.6 is 0 Å². The first-order valence-corrected chi connectivity index (χ1v) is 5.08. The number of carbonyl (C=O) groups is 1. The SMILES string of the molecule is COC(=O)C1CCC2=CCCC2C1. The van der Waals surface area contributed by atoms with Crippen molar-refractivity contribution in [1.29, 1.82) is 0 Å². The Morgan fingerprint density at radius 3 is 3.15 bits per heavy atom.